The van der Waals surface area contributed by atoms with E-state index in [0.717, 1.165) is 0 Å². The van der Waals surface area contributed by atoms with Gasteiger partial charge in [-0.1, -0.05) is 0 Å². The largest absolute Gasteiger partial charge is 0.481 e. The number of carbonyl (C=O) groups excluding carboxylic acids is 3. The molecule has 0 spiro atoms. The Morgan fingerprint density at radius 2 is 1.33 bits per heavy atom. The summed E-state index contributed by atoms with van der Waals surface area (Å²) in [5.74, 6) is -5.43. The normalized spacial score (nSPS) is 14.7. The molecule has 4 atom stereocenters. The minimum Gasteiger partial charge on any atom is -0.481 e. The van der Waals surface area contributed by atoms with Crippen molar-refractivity contribution < 1.29 is 34.2 Å². The van der Waals surface area contributed by atoms with E-state index in [1.54, 1.807) is 0 Å². The zero-order chi connectivity index (χ0) is 23.3. The maximum atomic E-state index is 12.6. The predicted molar refractivity (Wildman–Crippen MR) is 114 cm³/mol. The number of aliphatic carboxylic acids is 2. The van der Waals surface area contributed by atoms with Crippen molar-refractivity contribution in [2.45, 2.75) is 49.9 Å². The molecule has 0 rings (SSSR count). The lowest BCUT2D eigenvalue weighted by atomic mass is 10.1. The molecule has 0 heterocycles. The van der Waals surface area contributed by atoms with Gasteiger partial charge in [0.2, 0.25) is 17.7 Å². The van der Waals surface area contributed by atoms with Crippen LogP contribution in [-0.2, 0) is 24.0 Å². The van der Waals surface area contributed by atoms with E-state index in [4.69, 9.17) is 21.7 Å². The van der Waals surface area contributed by atoms with Crippen molar-refractivity contribution in [1.29, 1.82) is 0 Å². The van der Waals surface area contributed by atoms with Crippen LogP contribution in [0.25, 0.3) is 0 Å². The first-order valence-electron chi connectivity index (χ1n) is 9.10. The first kappa shape index (κ1) is 28.0. The number of hydrogen-bond acceptors (Lipinski definition) is 9. The first-order chi connectivity index (χ1) is 14.1. The number of rotatable bonds is 15. The second-order valence-electron chi connectivity index (χ2n) is 6.38. The number of amides is 3. The summed E-state index contributed by atoms with van der Waals surface area (Å²) in [4.78, 5) is 59.2. The lowest BCUT2D eigenvalue weighted by Crippen LogP contribution is -2.57. The predicted octanol–water partition coefficient (Wildman–Crippen LogP) is -2.68. The fourth-order valence-corrected chi connectivity index (χ4v) is 2.65. The molecule has 0 aromatic rings. The molecule has 0 aromatic carbocycles. The summed E-state index contributed by atoms with van der Waals surface area (Å²) >= 11 is 7.73. The van der Waals surface area contributed by atoms with Gasteiger partial charge in [-0.25, -0.2) is 4.79 Å². The Balaban J connectivity index is 5.37. The fourth-order valence-electron chi connectivity index (χ4n) is 2.24. The molecule has 30 heavy (non-hydrogen) atoms. The third kappa shape index (κ3) is 10.7. The summed E-state index contributed by atoms with van der Waals surface area (Å²) in [7, 11) is 0. The van der Waals surface area contributed by atoms with Crippen molar-refractivity contribution in [3.8, 4) is 0 Å². The zero-order valence-electron chi connectivity index (χ0n) is 16.2. The Hall–Kier alpha value is -2.03. The number of hydrogen-bond donors (Lipinski definition) is 9. The van der Waals surface area contributed by atoms with E-state index in [1.807, 2.05) is 0 Å². The minimum absolute atomic E-state index is 0.0350. The van der Waals surface area contributed by atoms with Crippen LogP contribution in [0.2, 0.25) is 0 Å². The van der Waals surface area contributed by atoms with E-state index >= 15 is 0 Å². The number of thiol groups is 2. The maximum Gasteiger partial charge on any atom is 0.327 e. The highest BCUT2D eigenvalue weighted by Crippen LogP contribution is 2.04. The molecule has 0 aliphatic rings. The number of unbranched alkanes of at least 4 members (excludes halogenated alkanes) is 1. The number of nitrogens with one attached hydrogen (secondary N) is 3. The van der Waals surface area contributed by atoms with Gasteiger partial charge in [-0.05, 0) is 25.8 Å². The van der Waals surface area contributed by atoms with Crippen molar-refractivity contribution in [3.63, 3.8) is 0 Å². The lowest BCUT2D eigenvalue weighted by molar-refractivity contribution is -0.143. The summed E-state index contributed by atoms with van der Waals surface area (Å²) in [5, 5.41) is 24.8. The Morgan fingerprint density at radius 3 is 1.80 bits per heavy atom. The molecule has 9 N–H and O–H groups in total. The van der Waals surface area contributed by atoms with Crippen LogP contribution in [0.1, 0.15) is 25.7 Å². The Morgan fingerprint density at radius 1 is 0.800 bits per heavy atom. The highest BCUT2D eigenvalue weighted by molar-refractivity contribution is 7.80. The molecular weight excluding hydrogens is 438 g/mol. The second-order valence-corrected chi connectivity index (χ2v) is 7.11. The van der Waals surface area contributed by atoms with Crippen LogP contribution in [0.15, 0.2) is 0 Å². The molecule has 4 unspecified atom stereocenters. The van der Waals surface area contributed by atoms with Gasteiger partial charge in [-0.3, -0.25) is 19.2 Å². The van der Waals surface area contributed by atoms with Gasteiger partial charge < -0.3 is 37.6 Å². The molecule has 0 saturated heterocycles. The second kappa shape index (κ2) is 14.9. The summed E-state index contributed by atoms with van der Waals surface area (Å²) in [6.07, 6.45) is 0.418. The summed E-state index contributed by atoms with van der Waals surface area (Å²) in [6, 6.07) is -5.01. The molecular formula is C16H29N5O7S2. The Kier molecular flexibility index (Phi) is 13.9. The quantitative estimate of drug-likeness (QED) is 0.0904. The van der Waals surface area contributed by atoms with E-state index in [9.17, 15) is 24.0 Å². The van der Waals surface area contributed by atoms with E-state index < -0.39 is 60.2 Å². The highest BCUT2D eigenvalue weighted by Gasteiger charge is 2.31. The highest BCUT2D eigenvalue weighted by atomic mass is 32.1. The van der Waals surface area contributed by atoms with E-state index in [1.165, 1.54) is 0 Å². The zero-order valence-corrected chi connectivity index (χ0v) is 18.0. The third-order valence-electron chi connectivity index (χ3n) is 3.92. The third-order valence-corrected chi connectivity index (χ3v) is 4.68. The van der Waals surface area contributed by atoms with Gasteiger partial charge in [-0.2, -0.15) is 25.3 Å². The van der Waals surface area contributed by atoms with Crippen molar-refractivity contribution >= 4 is 54.9 Å². The number of carboxylic acids is 2. The van der Waals surface area contributed by atoms with Crippen LogP contribution in [0.5, 0.6) is 0 Å². The van der Waals surface area contributed by atoms with Gasteiger partial charge in [0.25, 0.3) is 0 Å². The summed E-state index contributed by atoms with van der Waals surface area (Å²) in [5.41, 5.74) is 11.0. The monoisotopic (exact) mass is 467 g/mol. The molecule has 172 valence electrons. The Bertz CT molecular complexity index is 623. The molecule has 0 aromatic heterocycles. The van der Waals surface area contributed by atoms with E-state index in [0.29, 0.717) is 19.4 Å². The average molecular weight is 468 g/mol. The number of carboxylic acid groups (broad SMARTS) is 2. The molecule has 14 heteroatoms. The first-order valence-corrected chi connectivity index (χ1v) is 10.4. The molecule has 12 nitrogen and oxygen atoms in total. The smallest absolute Gasteiger partial charge is 0.327 e. The van der Waals surface area contributed by atoms with Crippen LogP contribution >= 0.6 is 25.3 Å². The van der Waals surface area contributed by atoms with Crippen LogP contribution in [0.3, 0.4) is 0 Å². The number of carbonyl (C=O) groups is 5. The molecule has 0 fully saturated rings. The molecule has 0 saturated carbocycles. The van der Waals surface area contributed by atoms with Gasteiger partial charge in [0.15, 0.2) is 0 Å². The summed E-state index contributed by atoms with van der Waals surface area (Å²) in [6.45, 7) is 0.364. The van der Waals surface area contributed by atoms with Crippen LogP contribution in [0, 0.1) is 0 Å². The molecule has 0 aliphatic heterocycles. The standard InChI is InChI=1S/C16H29N5O7S2/c17-4-2-1-3-9(19-13(24)8(18)6-29)14(25)20-10(5-12(22)23)15(26)21-11(7-30)16(27)28/h8-11,29-30H,1-7,17-18H2,(H,19,24)(H,20,25)(H,21,26)(H,22,23)(H,27,28). The molecule has 3 amide bonds. The minimum atomic E-state index is -1.57. The van der Waals surface area contributed by atoms with Gasteiger partial charge in [0.1, 0.15) is 18.1 Å². The van der Waals surface area contributed by atoms with Gasteiger partial charge in [0.05, 0.1) is 12.5 Å². The van der Waals surface area contributed by atoms with E-state index in [-0.39, 0.29) is 17.9 Å². The lowest BCUT2D eigenvalue weighted by Gasteiger charge is -2.24. The topological polar surface area (TPSA) is 214 Å². The van der Waals surface area contributed by atoms with Crippen LogP contribution < -0.4 is 27.4 Å². The van der Waals surface area contributed by atoms with Crippen molar-refractivity contribution in [1.82, 2.24) is 16.0 Å². The van der Waals surface area contributed by atoms with Crippen molar-refractivity contribution in [2.75, 3.05) is 18.1 Å². The maximum absolute atomic E-state index is 12.6. The van der Waals surface area contributed by atoms with E-state index in [2.05, 4.69) is 41.2 Å². The molecule has 0 bridgehead atoms. The van der Waals surface area contributed by atoms with Crippen LogP contribution in [0.4, 0.5) is 0 Å². The average Bonchev–Trinajstić information content (AvgIpc) is 2.69. The van der Waals surface area contributed by atoms with Crippen molar-refractivity contribution in [2.24, 2.45) is 11.5 Å². The van der Waals surface area contributed by atoms with Gasteiger partial charge in [-0.15, -0.1) is 0 Å². The summed E-state index contributed by atoms with van der Waals surface area (Å²) < 4.78 is 0. The van der Waals surface area contributed by atoms with Gasteiger partial charge >= 0.3 is 11.9 Å². The molecule has 0 aliphatic carbocycles. The fraction of sp³-hybridized carbons (Fsp3) is 0.688. The SMILES string of the molecule is NCCCCC(NC(=O)C(N)CS)C(=O)NC(CC(=O)O)C(=O)NC(CS)C(=O)O. The van der Waals surface area contributed by atoms with Crippen LogP contribution in [-0.4, -0.2) is 82.1 Å². The Labute approximate surface area is 184 Å². The number of nitrogens with two attached hydrogens (primary N) is 2. The molecule has 0 radical (unpaired) electrons. The van der Waals surface area contributed by atoms with Crippen molar-refractivity contribution in [3.05, 3.63) is 0 Å². The van der Waals surface area contributed by atoms with Gasteiger partial charge in [0, 0.05) is 11.5 Å².